The number of hydrogen-bond donors (Lipinski definition) is 1. The van der Waals surface area contributed by atoms with Gasteiger partial charge in [-0.3, -0.25) is 14.5 Å². The highest BCUT2D eigenvalue weighted by molar-refractivity contribution is 6.35. The predicted octanol–water partition coefficient (Wildman–Crippen LogP) is 1.90. The number of imide groups is 1. The van der Waals surface area contributed by atoms with Crippen LogP contribution in [-0.4, -0.2) is 72.8 Å². The van der Waals surface area contributed by atoms with Gasteiger partial charge in [0.05, 0.1) is 31.9 Å². The van der Waals surface area contributed by atoms with Crippen molar-refractivity contribution < 1.29 is 24.2 Å². The number of nitrogens with zero attached hydrogens (tertiary/aromatic N) is 2. The van der Waals surface area contributed by atoms with Crippen molar-refractivity contribution in [1.82, 2.24) is 9.80 Å². The maximum atomic E-state index is 13.3. The molecule has 29 heavy (non-hydrogen) atoms. The molecule has 1 saturated heterocycles. The average molecular weight is 402 g/mol. The van der Waals surface area contributed by atoms with Crippen molar-refractivity contribution >= 4 is 17.4 Å². The third-order valence-corrected chi connectivity index (χ3v) is 5.38. The van der Waals surface area contributed by atoms with Crippen LogP contribution in [0.2, 0.25) is 0 Å². The van der Waals surface area contributed by atoms with E-state index < -0.39 is 0 Å². The Bertz CT molecular complexity index is 772. The van der Waals surface area contributed by atoms with Crippen LogP contribution in [0.1, 0.15) is 32.3 Å². The summed E-state index contributed by atoms with van der Waals surface area (Å²) in [7, 11) is 1.59. The Morgan fingerprint density at radius 1 is 1.17 bits per heavy atom. The van der Waals surface area contributed by atoms with Gasteiger partial charge in [0.1, 0.15) is 11.4 Å². The largest absolute Gasteiger partial charge is 0.497 e. The van der Waals surface area contributed by atoms with Crippen LogP contribution < -0.4 is 4.74 Å². The van der Waals surface area contributed by atoms with Crippen molar-refractivity contribution in [3.8, 4) is 5.75 Å². The van der Waals surface area contributed by atoms with Crippen LogP contribution in [0.5, 0.6) is 5.75 Å². The number of hydrogen-bond acceptors (Lipinski definition) is 6. The molecule has 7 heteroatoms. The maximum absolute atomic E-state index is 13.3. The maximum Gasteiger partial charge on any atom is 0.277 e. The lowest BCUT2D eigenvalue weighted by atomic mass is 9.97. The molecule has 0 aromatic heterocycles. The van der Waals surface area contributed by atoms with E-state index in [1.54, 1.807) is 31.4 Å². The monoisotopic (exact) mass is 402 g/mol. The van der Waals surface area contributed by atoms with E-state index >= 15 is 0 Å². The highest BCUT2D eigenvalue weighted by atomic mass is 16.5. The molecule has 1 unspecified atom stereocenters. The number of rotatable bonds is 8. The Labute approximate surface area is 171 Å². The van der Waals surface area contributed by atoms with Gasteiger partial charge >= 0.3 is 0 Å². The Morgan fingerprint density at radius 2 is 1.90 bits per heavy atom. The van der Waals surface area contributed by atoms with Crippen molar-refractivity contribution in [2.75, 3.05) is 40.0 Å². The standard InChI is InChI=1S/C22H30N2O5/c1-15(2)29-12-11-24-21(26)19(17-6-8-18(28-3)9-7-17)20(22(24)27)23-10-4-5-16(13-23)14-25/h6-9,15-16,25H,4-5,10-14H2,1-3H3. The summed E-state index contributed by atoms with van der Waals surface area (Å²) in [5.74, 6) is 0.211. The van der Waals surface area contributed by atoms with E-state index in [-0.39, 0.29) is 37.0 Å². The number of amides is 2. The third-order valence-electron chi connectivity index (χ3n) is 5.38. The summed E-state index contributed by atoms with van der Waals surface area (Å²) in [6, 6.07) is 7.19. The summed E-state index contributed by atoms with van der Waals surface area (Å²) in [4.78, 5) is 29.7. The molecule has 2 aliphatic rings. The second-order valence-electron chi connectivity index (χ2n) is 7.77. The van der Waals surface area contributed by atoms with Gasteiger partial charge in [-0.2, -0.15) is 0 Å². The molecule has 0 saturated carbocycles. The minimum atomic E-state index is -0.298. The molecule has 2 heterocycles. The first-order chi connectivity index (χ1) is 14.0. The van der Waals surface area contributed by atoms with Crippen molar-refractivity contribution in [2.24, 2.45) is 5.92 Å². The quantitative estimate of drug-likeness (QED) is 0.669. The molecule has 1 aromatic rings. The van der Waals surface area contributed by atoms with Crippen LogP contribution >= 0.6 is 0 Å². The minimum absolute atomic E-state index is 0.0312. The molecule has 7 nitrogen and oxygen atoms in total. The lowest BCUT2D eigenvalue weighted by Crippen LogP contribution is -2.41. The zero-order valence-corrected chi connectivity index (χ0v) is 17.4. The molecule has 2 aliphatic heterocycles. The number of likely N-dealkylation sites (tertiary alicyclic amines) is 1. The number of carbonyl (C=O) groups is 2. The molecule has 0 aliphatic carbocycles. The minimum Gasteiger partial charge on any atom is -0.497 e. The van der Waals surface area contributed by atoms with E-state index in [9.17, 15) is 14.7 Å². The number of ether oxygens (including phenoxy) is 2. The zero-order valence-electron chi connectivity index (χ0n) is 17.4. The van der Waals surface area contributed by atoms with E-state index in [0.717, 1.165) is 12.8 Å². The van der Waals surface area contributed by atoms with Crippen LogP contribution in [-0.2, 0) is 14.3 Å². The van der Waals surface area contributed by atoms with E-state index in [4.69, 9.17) is 9.47 Å². The first-order valence-electron chi connectivity index (χ1n) is 10.2. The Kier molecular flexibility index (Phi) is 6.92. The topological polar surface area (TPSA) is 79.3 Å². The molecule has 0 radical (unpaired) electrons. The van der Waals surface area contributed by atoms with Crippen molar-refractivity contribution in [1.29, 1.82) is 0 Å². The Morgan fingerprint density at radius 3 is 2.52 bits per heavy atom. The third kappa shape index (κ3) is 4.62. The molecule has 1 aromatic carbocycles. The lowest BCUT2D eigenvalue weighted by Gasteiger charge is -2.34. The number of piperidine rings is 1. The summed E-state index contributed by atoms with van der Waals surface area (Å²) in [5.41, 5.74) is 1.54. The van der Waals surface area contributed by atoms with E-state index in [1.807, 2.05) is 18.7 Å². The fourth-order valence-corrected chi connectivity index (χ4v) is 3.87. The van der Waals surface area contributed by atoms with Crippen LogP contribution in [0.3, 0.4) is 0 Å². The van der Waals surface area contributed by atoms with Crippen molar-refractivity contribution in [3.05, 3.63) is 35.5 Å². The molecule has 0 bridgehead atoms. The molecule has 2 amide bonds. The number of aliphatic hydroxyl groups excluding tert-OH is 1. The summed E-state index contributed by atoms with van der Waals surface area (Å²) >= 11 is 0. The molecular formula is C22H30N2O5. The van der Waals surface area contributed by atoms with E-state index in [1.165, 1.54) is 4.90 Å². The zero-order chi connectivity index (χ0) is 21.0. The summed E-state index contributed by atoms with van der Waals surface area (Å²) in [5, 5.41) is 9.59. The molecule has 3 rings (SSSR count). The predicted molar refractivity (Wildman–Crippen MR) is 109 cm³/mol. The van der Waals surface area contributed by atoms with Gasteiger partial charge in [-0.1, -0.05) is 12.1 Å². The van der Waals surface area contributed by atoms with E-state index in [2.05, 4.69) is 0 Å². The number of carbonyl (C=O) groups excluding carboxylic acids is 2. The summed E-state index contributed by atoms with van der Waals surface area (Å²) in [6.45, 7) is 5.71. The van der Waals surface area contributed by atoms with Gasteiger partial charge < -0.3 is 19.5 Å². The van der Waals surface area contributed by atoms with Gasteiger partial charge in [0.25, 0.3) is 11.8 Å². The van der Waals surface area contributed by atoms with Gasteiger partial charge in [-0.15, -0.1) is 0 Å². The Balaban J connectivity index is 1.94. The Hall–Kier alpha value is -2.38. The highest BCUT2D eigenvalue weighted by Crippen LogP contribution is 2.34. The molecule has 0 spiro atoms. The van der Waals surface area contributed by atoms with Gasteiger partial charge in [0.2, 0.25) is 0 Å². The highest BCUT2D eigenvalue weighted by Gasteiger charge is 2.42. The van der Waals surface area contributed by atoms with Gasteiger partial charge in [0.15, 0.2) is 0 Å². The van der Waals surface area contributed by atoms with Gasteiger partial charge in [-0.05, 0) is 50.3 Å². The summed E-state index contributed by atoms with van der Waals surface area (Å²) < 4.78 is 10.8. The fraction of sp³-hybridized carbons (Fsp3) is 0.545. The van der Waals surface area contributed by atoms with Crippen molar-refractivity contribution in [2.45, 2.75) is 32.8 Å². The first kappa shape index (κ1) is 21.3. The molecule has 158 valence electrons. The smallest absolute Gasteiger partial charge is 0.277 e. The number of aliphatic hydroxyl groups is 1. The molecular weight excluding hydrogens is 372 g/mol. The van der Waals surface area contributed by atoms with Crippen LogP contribution in [0.15, 0.2) is 30.0 Å². The van der Waals surface area contributed by atoms with Crippen LogP contribution in [0, 0.1) is 5.92 Å². The number of methoxy groups -OCH3 is 1. The van der Waals surface area contributed by atoms with Gasteiger partial charge in [0, 0.05) is 19.7 Å². The second kappa shape index (κ2) is 9.41. The van der Waals surface area contributed by atoms with Crippen LogP contribution in [0.4, 0.5) is 0 Å². The van der Waals surface area contributed by atoms with E-state index in [0.29, 0.717) is 42.3 Å². The fourth-order valence-electron chi connectivity index (χ4n) is 3.87. The summed E-state index contributed by atoms with van der Waals surface area (Å²) in [6.07, 6.45) is 1.83. The average Bonchev–Trinajstić information content (AvgIpc) is 2.98. The number of benzene rings is 1. The van der Waals surface area contributed by atoms with Gasteiger partial charge in [-0.25, -0.2) is 0 Å². The SMILES string of the molecule is COc1ccc(C2=C(N3CCCC(CO)C3)C(=O)N(CCOC(C)C)C2=O)cc1. The molecule has 1 N–H and O–H groups in total. The van der Waals surface area contributed by atoms with Crippen molar-refractivity contribution in [3.63, 3.8) is 0 Å². The van der Waals surface area contributed by atoms with Crippen LogP contribution in [0.25, 0.3) is 5.57 Å². The lowest BCUT2D eigenvalue weighted by molar-refractivity contribution is -0.138. The second-order valence-corrected chi connectivity index (χ2v) is 7.77. The molecule has 1 atom stereocenters. The molecule has 1 fully saturated rings. The first-order valence-corrected chi connectivity index (χ1v) is 10.2. The normalized spacial score (nSPS) is 20.2.